The Labute approximate surface area is 96.8 Å². The van der Waals surface area contributed by atoms with E-state index in [1.165, 1.54) is 0 Å². The Hall–Kier alpha value is -1.35. The number of rotatable bonds is 4. The molecule has 0 bridgehead atoms. The van der Waals surface area contributed by atoms with Gasteiger partial charge >= 0.3 is 5.97 Å². The second-order valence-corrected chi connectivity index (χ2v) is 4.92. The number of carbonyl (C=O) groups excluding carboxylic acids is 1. The molecule has 1 aromatic carbocycles. The number of hydrogen-bond acceptors (Lipinski definition) is 2. The summed E-state index contributed by atoms with van der Waals surface area (Å²) in [6, 6.07) is 9.70. The van der Waals surface area contributed by atoms with Crippen molar-refractivity contribution in [3.8, 4) is 0 Å². The number of ether oxygens (including phenoxy) is 1. The zero-order chi connectivity index (χ0) is 12.0. The highest BCUT2D eigenvalue weighted by Crippen LogP contribution is 2.00. The highest BCUT2D eigenvalue weighted by Gasteiger charge is 2.16. The molecule has 0 aromatic heterocycles. The number of nitrogens with two attached hydrogens (primary N) is 1. The number of esters is 1. The minimum absolute atomic E-state index is 0.0613. The van der Waals surface area contributed by atoms with Crippen LogP contribution < -0.4 is 5.32 Å². The van der Waals surface area contributed by atoms with Crippen LogP contribution in [0.4, 0.5) is 0 Å². The SMILES string of the molecule is CC(C)(C)[NH2+]CC(=O)OCc1ccccc1. The van der Waals surface area contributed by atoms with Crippen LogP contribution in [0.25, 0.3) is 0 Å². The fraction of sp³-hybridized carbons (Fsp3) is 0.462. The molecule has 16 heavy (non-hydrogen) atoms. The molecule has 0 atom stereocenters. The van der Waals surface area contributed by atoms with Crippen LogP contribution in [-0.2, 0) is 16.1 Å². The van der Waals surface area contributed by atoms with Crippen LogP contribution in [-0.4, -0.2) is 18.1 Å². The normalized spacial score (nSPS) is 11.2. The van der Waals surface area contributed by atoms with Crippen molar-refractivity contribution in [3.63, 3.8) is 0 Å². The molecule has 0 aliphatic heterocycles. The van der Waals surface area contributed by atoms with Crippen LogP contribution >= 0.6 is 0 Å². The molecule has 3 heteroatoms. The molecule has 88 valence electrons. The molecule has 0 saturated heterocycles. The minimum Gasteiger partial charge on any atom is -0.457 e. The van der Waals surface area contributed by atoms with E-state index in [0.717, 1.165) is 5.56 Å². The van der Waals surface area contributed by atoms with Crippen LogP contribution in [0.5, 0.6) is 0 Å². The second-order valence-electron chi connectivity index (χ2n) is 4.92. The molecule has 0 saturated carbocycles. The second kappa shape index (κ2) is 5.66. The van der Waals surface area contributed by atoms with E-state index < -0.39 is 0 Å². The molecule has 0 aliphatic carbocycles. The number of quaternary nitrogens is 1. The van der Waals surface area contributed by atoms with Crippen LogP contribution in [0.1, 0.15) is 26.3 Å². The smallest absolute Gasteiger partial charge is 0.361 e. The van der Waals surface area contributed by atoms with E-state index in [1.54, 1.807) is 0 Å². The van der Waals surface area contributed by atoms with Crippen molar-refractivity contribution < 1.29 is 14.8 Å². The van der Waals surface area contributed by atoms with Crippen molar-refractivity contribution in [1.29, 1.82) is 0 Å². The molecular formula is C13H20NO2+. The van der Waals surface area contributed by atoms with Crippen molar-refractivity contribution >= 4 is 5.97 Å². The first kappa shape index (κ1) is 12.7. The Balaban J connectivity index is 2.26. The summed E-state index contributed by atoms with van der Waals surface area (Å²) in [5.74, 6) is -0.168. The van der Waals surface area contributed by atoms with Gasteiger partial charge in [-0.05, 0) is 26.3 Å². The first-order valence-electron chi connectivity index (χ1n) is 5.51. The van der Waals surface area contributed by atoms with E-state index in [-0.39, 0.29) is 11.5 Å². The fourth-order valence-corrected chi connectivity index (χ4v) is 1.19. The van der Waals surface area contributed by atoms with E-state index in [1.807, 2.05) is 35.6 Å². The van der Waals surface area contributed by atoms with E-state index >= 15 is 0 Å². The lowest BCUT2D eigenvalue weighted by molar-refractivity contribution is -0.708. The molecule has 1 aromatic rings. The first-order chi connectivity index (χ1) is 7.47. The lowest BCUT2D eigenvalue weighted by atomic mass is 10.1. The molecule has 2 N–H and O–H groups in total. The highest BCUT2D eigenvalue weighted by atomic mass is 16.5. The molecule has 0 fully saturated rings. The monoisotopic (exact) mass is 222 g/mol. The fourth-order valence-electron chi connectivity index (χ4n) is 1.19. The Morgan fingerprint density at radius 2 is 1.88 bits per heavy atom. The zero-order valence-corrected chi connectivity index (χ0v) is 10.2. The van der Waals surface area contributed by atoms with Crippen molar-refractivity contribution in [2.24, 2.45) is 0 Å². The number of benzene rings is 1. The Morgan fingerprint density at radius 3 is 2.44 bits per heavy atom. The van der Waals surface area contributed by atoms with Crippen molar-refractivity contribution in [3.05, 3.63) is 35.9 Å². The Kier molecular flexibility index (Phi) is 4.50. The van der Waals surface area contributed by atoms with Crippen molar-refractivity contribution in [2.45, 2.75) is 32.9 Å². The van der Waals surface area contributed by atoms with Gasteiger partial charge in [0.15, 0.2) is 6.54 Å². The van der Waals surface area contributed by atoms with Crippen LogP contribution in [0.3, 0.4) is 0 Å². The van der Waals surface area contributed by atoms with Gasteiger partial charge in [0.25, 0.3) is 0 Å². The highest BCUT2D eigenvalue weighted by molar-refractivity contribution is 5.70. The van der Waals surface area contributed by atoms with Crippen LogP contribution in [0.15, 0.2) is 30.3 Å². The van der Waals surface area contributed by atoms with Gasteiger partial charge in [-0.3, -0.25) is 0 Å². The van der Waals surface area contributed by atoms with E-state index in [0.29, 0.717) is 13.2 Å². The van der Waals surface area contributed by atoms with E-state index in [4.69, 9.17) is 4.74 Å². The Morgan fingerprint density at radius 1 is 1.25 bits per heavy atom. The maximum atomic E-state index is 11.4. The molecule has 0 heterocycles. The molecular weight excluding hydrogens is 202 g/mol. The molecule has 0 spiro atoms. The van der Waals surface area contributed by atoms with Gasteiger partial charge in [-0.1, -0.05) is 30.3 Å². The lowest BCUT2D eigenvalue weighted by Crippen LogP contribution is -2.95. The lowest BCUT2D eigenvalue weighted by Gasteiger charge is -2.15. The summed E-state index contributed by atoms with van der Waals surface area (Å²) in [7, 11) is 0. The summed E-state index contributed by atoms with van der Waals surface area (Å²) in [5.41, 5.74) is 1.08. The molecule has 1 rings (SSSR count). The third kappa shape index (κ3) is 5.51. The molecule has 0 unspecified atom stereocenters. The van der Waals surface area contributed by atoms with Gasteiger partial charge in [0.05, 0.1) is 5.54 Å². The molecule has 0 aliphatic rings. The summed E-state index contributed by atoms with van der Waals surface area (Å²) in [4.78, 5) is 11.4. The third-order valence-electron chi connectivity index (χ3n) is 2.12. The average molecular weight is 222 g/mol. The average Bonchev–Trinajstić information content (AvgIpc) is 2.24. The van der Waals surface area contributed by atoms with Gasteiger partial charge in [0.1, 0.15) is 6.61 Å². The molecule has 0 amide bonds. The summed E-state index contributed by atoms with van der Waals surface area (Å²) < 4.78 is 5.15. The van der Waals surface area contributed by atoms with Crippen LogP contribution in [0, 0.1) is 0 Å². The molecule has 3 nitrogen and oxygen atoms in total. The zero-order valence-electron chi connectivity index (χ0n) is 10.2. The Bertz CT molecular complexity index is 328. The van der Waals surface area contributed by atoms with Gasteiger partial charge in [0, 0.05) is 0 Å². The third-order valence-corrected chi connectivity index (χ3v) is 2.12. The van der Waals surface area contributed by atoms with Crippen molar-refractivity contribution in [1.82, 2.24) is 0 Å². The number of hydrogen-bond donors (Lipinski definition) is 1. The summed E-state index contributed by atoms with van der Waals surface area (Å²) in [6.07, 6.45) is 0. The quantitative estimate of drug-likeness (QED) is 0.775. The predicted molar refractivity (Wildman–Crippen MR) is 62.8 cm³/mol. The van der Waals surface area contributed by atoms with Gasteiger partial charge < -0.3 is 10.1 Å². The van der Waals surface area contributed by atoms with Crippen LogP contribution in [0.2, 0.25) is 0 Å². The van der Waals surface area contributed by atoms with Crippen molar-refractivity contribution in [2.75, 3.05) is 6.54 Å². The number of carbonyl (C=O) groups is 1. The van der Waals surface area contributed by atoms with Gasteiger partial charge in [-0.15, -0.1) is 0 Å². The summed E-state index contributed by atoms with van der Waals surface area (Å²) in [6.45, 7) is 6.93. The maximum absolute atomic E-state index is 11.4. The largest absolute Gasteiger partial charge is 0.457 e. The van der Waals surface area contributed by atoms with Gasteiger partial charge in [0.2, 0.25) is 0 Å². The standard InChI is InChI=1S/C13H19NO2/c1-13(2,3)14-9-12(15)16-10-11-7-5-4-6-8-11/h4-8,14H,9-10H2,1-3H3/p+1. The van der Waals surface area contributed by atoms with E-state index in [9.17, 15) is 4.79 Å². The molecule has 0 radical (unpaired) electrons. The van der Waals surface area contributed by atoms with Gasteiger partial charge in [-0.25, -0.2) is 4.79 Å². The summed E-state index contributed by atoms with van der Waals surface area (Å²) in [5, 5.41) is 1.97. The summed E-state index contributed by atoms with van der Waals surface area (Å²) >= 11 is 0. The van der Waals surface area contributed by atoms with E-state index in [2.05, 4.69) is 20.8 Å². The minimum atomic E-state index is -0.168. The topological polar surface area (TPSA) is 42.9 Å². The maximum Gasteiger partial charge on any atom is 0.361 e. The predicted octanol–water partition coefficient (Wildman–Crippen LogP) is 1.09. The van der Waals surface area contributed by atoms with Gasteiger partial charge in [-0.2, -0.15) is 0 Å². The first-order valence-corrected chi connectivity index (χ1v) is 5.51.